The Morgan fingerprint density at radius 1 is 1.25 bits per heavy atom. The number of rotatable bonds is 1. The molecule has 8 nitrogen and oxygen atoms in total. The molecule has 0 aromatic carbocycles. The van der Waals surface area contributed by atoms with Crippen LogP contribution in [0.3, 0.4) is 0 Å². The molecule has 0 bridgehead atoms. The number of allylic oxidation sites excluding steroid dienone is 1. The molecule has 1 aliphatic carbocycles. The van der Waals surface area contributed by atoms with E-state index < -0.39 is 0 Å². The average Bonchev–Trinajstić information content (AvgIpc) is 3.37. The van der Waals surface area contributed by atoms with Crippen LogP contribution >= 0.6 is 0 Å². The van der Waals surface area contributed by atoms with Gasteiger partial charge in [0.25, 0.3) is 5.91 Å². The molecule has 2 aliphatic heterocycles. The van der Waals surface area contributed by atoms with E-state index in [4.69, 9.17) is 5.26 Å². The van der Waals surface area contributed by atoms with Crippen LogP contribution in [-0.2, 0) is 4.79 Å². The van der Waals surface area contributed by atoms with Gasteiger partial charge in [0.1, 0.15) is 11.6 Å². The number of ketones is 1. The monoisotopic (exact) mass is 432 g/mol. The Balaban J connectivity index is 1.28. The SMILES string of the molecule is CC(C)(C)N1CC2=C(N1)C(=O)CC1(CCN(C(=O)c3cnc4c(C#N)c[nH]c4c3)CC1)C2. The summed E-state index contributed by atoms with van der Waals surface area (Å²) < 4.78 is 0. The predicted molar refractivity (Wildman–Crippen MR) is 119 cm³/mol. The van der Waals surface area contributed by atoms with Crippen molar-refractivity contribution in [1.82, 2.24) is 25.3 Å². The Morgan fingerprint density at radius 3 is 2.69 bits per heavy atom. The van der Waals surface area contributed by atoms with Crippen LogP contribution in [0.25, 0.3) is 11.0 Å². The highest BCUT2D eigenvalue weighted by atomic mass is 16.2. The lowest BCUT2D eigenvalue weighted by Gasteiger charge is -2.43. The van der Waals surface area contributed by atoms with Crippen LogP contribution < -0.4 is 5.43 Å². The van der Waals surface area contributed by atoms with E-state index in [1.165, 1.54) is 5.57 Å². The molecule has 0 atom stereocenters. The van der Waals surface area contributed by atoms with Gasteiger partial charge in [0.05, 0.1) is 22.3 Å². The fraction of sp³-hybridized carbons (Fsp3) is 0.500. The van der Waals surface area contributed by atoms with Crippen molar-refractivity contribution < 1.29 is 9.59 Å². The number of likely N-dealkylation sites (tertiary alicyclic amines) is 1. The number of nitrogens with one attached hydrogen (secondary N) is 2. The molecule has 1 fully saturated rings. The average molecular weight is 433 g/mol. The highest BCUT2D eigenvalue weighted by Crippen LogP contribution is 2.47. The number of pyridine rings is 1. The molecule has 3 aliphatic rings. The number of fused-ring (bicyclic) bond motifs is 1. The highest BCUT2D eigenvalue weighted by Gasteiger charge is 2.46. The zero-order valence-electron chi connectivity index (χ0n) is 18.8. The van der Waals surface area contributed by atoms with Crippen molar-refractivity contribution in [1.29, 1.82) is 5.26 Å². The van der Waals surface area contributed by atoms with Gasteiger partial charge in [-0.1, -0.05) is 0 Å². The minimum absolute atomic E-state index is 0.0500. The summed E-state index contributed by atoms with van der Waals surface area (Å²) in [7, 11) is 0. The molecular weight excluding hydrogens is 404 g/mol. The number of hydrogen-bond acceptors (Lipinski definition) is 6. The van der Waals surface area contributed by atoms with E-state index in [0.717, 1.165) is 31.5 Å². The first-order chi connectivity index (χ1) is 15.2. The largest absolute Gasteiger partial charge is 0.359 e. The number of nitriles is 1. The highest BCUT2D eigenvalue weighted by molar-refractivity contribution is 5.98. The summed E-state index contributed by atoms with van der Waals surface area (Å²) >= 11 is 0. The third kappa shape index (κ3) is 3.37. The van der Waals surface area contributed by atoms with E-state index in [0.29, 0.717) is 41.7 Å². The first-order valence-electron chi connectivity index (χ1n) is 11.2. The number of hydrogen-bond donors (Lipinski definition) is 2. The molecular formula is C24H28N6O2. The summed E-state index contributed by atoms with van der Waals surface area (Å²) in [6.45, 7) is 8.48. The number of hydrazine groups is 1. The molecule has 0 radical (unpaired) electrons. The smallest absolute Gasteiger partial charge is 0.255 e. The normalized spacial score (nSPS) is 21.1. The van der Waals surface area contributed by atoms with Crippen molar-refractivity contribution in [2.24, 2.45) is 5.41 Å². The minimum atomic E-state index is -0.0527. The molecule has 5 rings (SSSR count). The standard InChI is InChI=1S/C24H28N6O2/c1-23(2,3)30-14-16-9-24(10-19(31)21(16)28-30)4-6-29(7-5-24)22(32)15-8-18-20(27-12-15)17(11-25)13-26-18/h8,12-13,26,28H,4-7,9-10,14H2,1-3H3. The lowest BCUT2D eigenvalue weighted by Crippen LogP contribution is -2.47. The Hall–Kier alpha value is -3.18. The molecule has 32 heavy (non-hydrogen) atoms. The first kappa shape index (κ1) is 20.7. The topological polar surface area (TPSA) is 105 Å². The van der Waals surface area contributed by atoms with Crippen LogP contribution in [-0.4, -0.2) is 56.7 Å². The number of Topliss-reactive ketones (excluding diaryl/α,β-unsaturated/α-hetero) is 1. The maximum atomic E-state index is 13.1. The van der Waals surface area contributed by atoms with Gasteiger partial charge in [-0.3, -0.25) is 14.6 Å². The van der Waals surface area contributed by atoms with Crippen LogP contribution in [0.2, 0.25) is 0 Å². The Morgan fingerprint density at radius 2 is 2.00 bits per heavy atom. The summed E-state index contributed by atoms with van der Waals surface area (Å²) in [6.07, 6.45) is 6.28. The van der Waals surface area contributed by atoms with Gasteiger partial charge in [0, 0.05) is 44.0 Å². The van der Waals surface area contributed by atoms with E-state index in [2.05, 4.69) is 47.2 Å². The van der Waals surface area contributed by atoms with Crippen molar-refractivity contribution in [3.8, 4) is 6.07 Å². The summed E-state index contributed by atoms with van der Waals surface area (Å²) in [5.74, 6) is 0.151. The van der Waals surface area contributed by atoms with Crippen molar-refractivity contribution >= 4 is 22.7 Å². The number of aromatic amines is 1. The lowest BCUT2D eigenvalue weighted by molar-refractivity contribution is -0.120. The van der Waals surface area contributed by atoms with Crippen LogP contribution in [0.5, 0.6) is 0 Å². The molecule has 166 valence electrons. The first-order valence-corrected chi connectivity index (χ1v) is 11.2. The molecule has 8 heteroatoms. The van der Waals surface area contributed by atoms with E-state index in [1.807, 2.05) is 4.90 Å². The molecule has 2 aromatic rings. The molecule has 1 spiro atoms. The van der Waals surface area contributed by atoms with Gasteiger partial charge in [-0.15, -0.1) is 0 Å². The van der Waals surface area contributed by atoms with E-state index in [1.54, 1.807) is 18.5 Å². The quantitative estimate of drug-likeness (QED) is 0.718. The zero-order chi connectivity index (χ0) is 22.7. The van der Waals surface area contributed by atoms with Crippen molar-refractivity contribution in [3.05, 3.63) is 40.9 Å². The Kier molecular flexibility index (Phi) is 4.64. The molecule has 2 aromatic heterocycles. The van der Waals surface area contributed by atoms with Gasteiger partial charge in [0.2, 0.25) is 0 Å². The Labute approximate surface area is 187 Å². The predicted octanol–water partition coefficient (Wildman–Crippen LogP) is 2.89. The lowest BCUT2D eigenvalue weighted by atomic mass is 9.67. The number of amides is 1. The molecule has 4 heterocycles. The van der Waals surface area contributed by atoms with Crippen LogP contribution in [0.15, 0.2) is 29.7 Å². The van der Waals surface area contributed by atoms with Gasteiger partial charge < -0.3 is 15.3 Å². The second kappa shape index (κ2) is 7.17. The van der Waals surface area contributed by atoms with E-state index in [9.17, 15) is 9.59 Å². The van der Waals surface area contributed by atoms with Crippen LogP contribution in [0.1, 0.15) is 62.4 Å². The van der Waals surface area contributed by atoms with Gasteiger partial charge in [0.15, 0.2) is 5.78 Å². The maximum Gasteiger partial charge on any atom is 0.255 e. The maximum absolute atomic E-state index is 13.1. The minimum Gasteiger partial charge on any atom is -0.359 e. The number of aromatic nitrogens is 2. The number of nitrogens with zero attached hydrogens (tertiary/aromatic N) is 4. The van der Waals surface area contributed by atoms with Crippen LogP contribution in [0.4, 0.5) is 0 Å². The summed E-state index contributed by atoms with van der Waals surface area (Å²) in [5.41, 5.74) is 7.52. The summed E-state index contributed by atoms with van der Waals surface area (Å²) in [6, 6.07) is 3.86. The van der Waals surface area contributed by atoms with Crippen molar-refractivity contribution in [2.45, 2.75) is 52.0 Å². The van der Waals surface area contributed by atoms with Gasteiger partial charge in [-0.2, -0.15) is 5.26 Å². The number of H-pyrrole nitrogens is 1. The Bertz CT molecular complexity index is 1190. The van der Waals surface area contributed by atoms with Gasteiger partial charge in [-0.25, -0.2) is 5.01 Å². The molecule has 0 saturated carbocycles. The number of carbonyl (C=O) groups excluding carboxylic acids is 2. The van der Waals surface area contributed by atoms with Gasteiger partial charge >= 0.3 is 0 Å². The van der Waals surface area contributed by atoms with Crippen molar-refractivity contribution in [3.63, 3.8) is 0 Å². The van der Waals surface area contributed by atoms with Gasteiger partial charge in [-0.05, 0) is 57.1 Å². The molecule has 1 amide bonds. The fourth-order valence-corrected chi connectivity index (χ4v) is 5.21. The van der Waals surface area contributed by atoms with Crippen molar-refractivity contribution in [2.75, 3.05) is 19.6 Å². The van der Waals surface area contributed by atoms with Crippen LogP contribution in [0, 0.1) is 16.7 Å². The molecule has 2 N–H and O–H groups in total. The van der Waals surface area contributed by atoms with E-state index in [-0.39, 0.29) is 22.6 Å². The second-order valence-electron chi connectivity index (χ2n) is 10.4. The second-order valence-corrected chi connectivity index (χ2v) is 10.4. The number of piperidine rings is 1. The number of carbonyl (C=O) groups is 2. The molecule has 0 unspecified atom stereocenters. The molecule has 1 saturated heterocycles. The fourth-order valence-electron chi connectivity index (χ4n) is 5.21. The third-order valence-electron chi connectivity index (χ3n) is 7.16. The summed E-state index contributed by atoms with van der Waals surface area (Å²) in [4.78, 5) is 35.3. The van der Waals surface area contributed by atoms with E-state index >= 15 is 0 Å². The summed E-state index contributed by atoms with van der Waals surface area (Å²) in [5, 5.41) is 11.3. The third-order valence-corrected chi connectivity index (χ3v) is 7.16. The zero-order valence-corrected chi connectivity index (χ0v) is 18.8.